The second-order valence-electron chi connectivity index (χ2n) is 11.7. The Balaban J connectivity index is 1.86. The lowest BCUT2D eigenvalue weighted by atomic mass is 10.0. The van der Waals surface area contributed by atoms with Crippen molar-refractivity contribution < 1.29 is 22.7 Å². The van der Waals surface area contributed by atoms with E-state index in [-0.39, 0.29) is 40.2 Å². The molecule has 0 aliphatic heterocycles. The fourth-order valence-corrected chi connectivity index (χ4v) is 6.98. The van der Waals surface area contributed by atoms with Crippen LogP contribution in [0.15, 0.2) is 112 Å². The minimum atomic E-state index is -4.31. The first kappa shape index (κ1) is 35.0. The molecule has 8 nitrogen and oxygen atoms in total. The number of methoxy groups -OCH3 is 1. The summed E-state index contributed by atoms with van der Waals surface area (Å²) in [5, 5.41) is 3.29. The summed E-state index contributed by atoms with van der Waals surface area (Å²) < 4.78 is 35.8. The van der Waals surface area contributed by atoms with E-state index in [0.717, 1.165) is 19.9 Å². The van der Waals surface area contributed by atoms with Crippen LogP contribution in [0.2, 0.25) is 5.02 Å². The standard InChI is InChI=1S/C35H37BrClN3O5S/c1-35(2,3)38-34(42)31(21-25-12-7-5-8-13-25)39(23-26-14-11-15-27(36)20-26)33(41)24-40(30-22-28(37)18-19-32(30)45-4)46(43,44)29-16-9-6-10-17-29/h5-20,22,31H,21,23-24H2,1-4H3,(H,38,42)/t31-/m0/s1. The van der Waals surface area contributed by atoms with Crippen LogP contribution in [0.3, 0.4) is 0 Å². The Morgan fingerprint density at radius 2 is 1.52 bits per heavy atom. The zero-order valence-electron chi connectivity index (χ0n) is 26.1. The third-order valence-corrected chi connectivity index (χ3v) is 9.53. The first-order chi connectivity index (χ1) is 21.8. The smallest absolute Gasteiger partial charge is 0.264 e. The number of carbonyl (C=O) groups excluding carboxylic acids is 2. The van der Waals surface area contributed by atoms with Crippen molar-refractivity contribution in [1.82, 2.24) is 10.2 Å². The highest BCUT2D eigenvalue weighted by Crippen LogP contribution is 2.35. The molecule has 4 aromatic carbocycles. The predicted octanol–water partition coefficient (Wildman–Crippen LogP) is 6.86. The number of carbonyl (C=O) groups is 2. The highest BCUT2D eigenvalue weighted by molar-refractivity contribution is 9.10. The summed E-state index contributed by atoms with van der Waals surface area (Å²) >= 11 is 9.85. The monoisotopic (exact) mass is 725 g/mol. The number of ether oxygens (including phenoxy) is 1. The Hall–Kier alpha value is -3.86. The molecule has 0 unspecified atom stereocenters. The minimum Gasteiger partial charge on any atom is -0.495 e. The molecule has 0 radical (unpaired) electrons. The first-order valence-electron chi connectivity index (χ1n) is 14.6. The molecule has 4 rings (SSSR count). The van der Waals surface area contributed by atoms with Crippen molar-refractivity contribution in [1.29, 1.82) is 0 Å². The van der Waals surface area contributed by atoms with E-state index in [4.69, 9.17) is 16.3 Å². The number of nitrogens with zero attached hydrogens (tertiary/aromatic N) is 2. The lowest BCUT2D eigenvalue weighted by molar-refractivity contribution is -0.140. The zero-order valence-corrected chi connectivity index (χ0v) is 29.3. The molecule has 0 heterocycles. The van der Waals surface area contributed by atoms with Crippen LogP contribution in [0, 0.1) is 0 Å². The van der Waals surface area contributed by atoms with Crippen LogP contribution in [0.25, 0.3) is 0 Å². The van der Waals surface area contributed by atoms with Gasteiger partial charge in [0.15, 0.2) is 0 Å². The molecule has 242 valence electrons. The Morgan fingerprint density at radius 1 is 0.891 bits per heavy atom. The van der Waals surface area contributed by atoms with Gasteiger partial charge in [-0.15, -0.1) is 0 Å². The van der Waals surface area contributed by atoms with E-state index < -0.39 is 34.1 Å². The maximum atomic E-state index is 14.6. The third-order valence-electron chi connectivity index (χ3n) is 7.03. The van der Waals surface area contributed by atoms with Gasteiger partial charge in [-0.3, -0.25) is 13.9 Å². The summed E-state index contributed by atoms with van der Waals surface area (Å²) in [4.78, 5) is 30.1. The molecule has 46 heavy (non-hydrogen) atoms. The van der Waals surface area contributed by atoms with Crippen LogP contribution in [0.5, 0.6) is 5.75 Å². The molecule has 0 aliphatic carbocycles. The van der Waals surface area contributed by atoms with Gasteiger partial charge in [0, 0.05) is 28.0 Å². The zero-order chi connectivity index (χ0) is 33.5. The molecule has 0 saturated heterocycles. The second kappa shape index (κ2) is 15.2. The molecule has 0 aromatic heterocycles. The Bertz CT molecular complexity index is 1770. The number of rotatable bonds is 12. The van der Waals surface area contributed by atoms with Crippen LogP contribution in [0.1, 0.15) is 31.9 Å². The van der Waals surface area contributed by atoms with Gasteiger partial charge in [0.1, 0.15) is 18.3 Å². The van der Waals surface area contributed by atoms with E-state index in [1.807, 2.05) is 75.4 Å². The summed E-state index contributed by atoms with van der Waals surface area (Å²) in [6, 6.07) is 28.2. The highest BCUT2D eigenvalue weighted by Gasteiger charge is 2.36. The number of hydrogen-bond acceptors (Lipinski definition) is 5. The lowest BCUT2D eigenvalue weighted by Crippen LogP contribution is -2.56. The average Bonchev–Trinajstić information content (AvgIpc) is 3.01. The molecule has 11 heteroatoms. The van der Waals surface area contributed by atoms with Gasteiger partial charge in [0.05, 0.1) is 17.7 Å². The molecule has 1 atom stereocenters. The van der Waals surface area contributed by atoms with Gasteiger partial charge in [0.25, 0.3) is 10.0 Å². The summed E-state index contributed by atoms with van der Waals surface area (Å²) in [7, 11) is -2.90. The number of benzene rings is 4. The van der Waals surface area contributed by atoms with Crippen LogP contribution < -0.4 is 14.4 Å². The van der Waals surface area contributed by atoms with E-state index in [1.165, 1.54) is 30.2 Å². The number of hydrogen-bond donors (Lipinski definition) is 1. The second-order valence-corrected chi connectivity index (χ2v) is 15.0. The van der Waals surface area contributed by atoms with E-state index in [0.29, 0.717) is 0 Å². The molecule has 2 amide bonds. The molecule has 1 N–H and O–H groups in total. The molecule has 4 aromatic rings. The first-order valence-corrected chi connectivity index (χ1v) is 17.2. The molecule has 0 spiro atoms. The topological polar surface area (TPSA) is 96.0 Å². The Morgan fingerprint density at radius 3 is 2.13 bits per heavy atom. The molecular formula is C35H37BrClN3O5S. The van der Waals surface area contributed by atoms with Crippen molar-refractivity contribution >= 4 is 55.1 Å². The molecule has 0 saturated carbocycles. The van der Waals surface area contributed by atoms with E-state index >= 15 is 0 Å². The number of amides is 2. The molecular weight excluding hydrogens is 690 g/mol. The van der Waals surface area contributed by atoms with Gasteiger partial charge in [-0.05, 0) is 74.4 Å². The van der Waals surface area contributed by atoms with Gasteiger partial charge in [-0.1, -0.05) is 88.2 Å². The predicted molar refractivity (Wildman–Crippen MR) is 185 cm³/mol. The number of nitrogens with one attached hydrogen (secondary N) is 1. The van der Waals surface area contributed by atoms with Crippen molar-refractivity contribution in [2.24, 2.45) is 0 Å². The number of halogens is 2. The highest BCUT2D eigenvalue weighted by atomic mass is 79.9. The van der Waals surface area contributed by atoms with Crippen LogP contribution in [-0.4, -0.2) is 50.4 Å². The van der Waals surface area contributed by atoms with Crippen molar-refractivity contribution in [3.8, 4) is 5.75 Å². The van der Waals surface area contributed by atoms with Crippen molar-refractivity contribution in [2.45, 2.75) is 50.2 Å². The number of anilines is 1. The summed E-state index contributed by atoms with van der Waals surface area (Å²) in [6.45, 7) is 5.01. The largest absolute Gasteiger partial charge is 0.495 e. The maximum absolute atomic E-state index is 14.6. The Kier molecular flexibility index (Phi) is 11.5. The molecule has 0 bridgehead atoms. The van der Waals surface area contributed by atoms with Crippen molar-refractivity contribution in [3.05, 3.63) is 124 Å². The fraction of sp³-hybridized carbons (Fsp3) is 0.257. The SMILES string of the molecule is COc1ccc(Cl)cc1N(CC(=O)N(Cc1cccc(Br)c1)[C@@H](Cc1ccccc1)C(=O)NC(C)(C)C)S(=O)(=O)c1ccccc1. The maximum Gasteiger partial charge on any atom is 0.264 e. The van der Waals surface area contributed by atoms with Crippen LogP contribution in [-0.2, 0) is 32.6 Å². The van der Waals surface area contributed by atoms with E-state index in [9.17, 15) is 18.0 Å². The summed E-state index contributed by atoms with van der Waals surface area (Å²) in [6.07, 6.45) is 0.203. The average molecular weight is 727 g/mol. The van der Waals surface area contributed by atoms with Crippen molar-refractivity contribution in [3.63, 3.8) is 0 Å². The molecule has 0 aliphatic rings. The van der Waals surface area contributed by atoms with E-state index in [1.54, 1.807) is 30.3 Å². The summed E-state index contributed by atoms with van der Waals surface area (Å²) in [5.41, 5.74) is 1.09. The van der Waals surface area contributed by atoms with Gasteiger partial charge in [0.2, 0.25) is 11.8 Å². The molecule has 0 fully saturated rings. The van der Waals surface area contributed by atoms with Crippen LogP contribution >= 0.6 is 27.5 Å². The number of sulfonamides is 1. The van der Waals surface area contributed by atoms with E-state index in [2.05, 4.69) is 21.2 Å². The quantitative estimate of drug-likeness (QED) is 0.172. The lowest BCUT2D eigenvalue weighted by Gasteiger charge is -2.35. The minimum absolute atomic E-state index is 0.0188. The Labute approximate surface area is 284 Å². The van der Waals surface area contributed by atoms with Gasteiger partial charge in [-0.2, -0.15) is 0 Å². The fourth-order valence-electron chi connectivity index (χ4n) is 4.93. The van der Waals surface area contributed by atoms with Crippen molar-refractivity contribution in [2.75, 3.05) is 18.0 Å². The van der Waals surface area contributed by atoms with Gasteiger partial charge >= 0.3 is 0 Å². The van der Waals surface area contributed by atoms with Gasteiger partial charge < -0.3 is 15.0 Å². The van der Waals surface area contributed by atoms with Crippen LogP contribution in [0.4, 0.5) is 5.69 Å². The normalized spacial score (nSPS) is 12.2. The third kappa shape index (κ3) is 9.11. The summed E-state index contributed by atoms with van der Waals surface area (Å²) in [5.74, 6) is -0.745. The van der Waals surface area contributed by atoms with Gasteiger partial charge in [-0.25, -0.2) is 8.42 Å².